The van der Waals surface area contributed by atoms with E-state index in [0.717, 1.165) is 47.8 Å². The van der Waals surface area contributed by atoms with Gasteiger partial charge in [0.1, 0.15) is 5.65 Å². The van der Waals surface area contributed by atoms with Crippen molar-refractivity contribution in [3.8, 4) is 11.3 Å². The number of fused-ring (bicyclic) bond motifs is 2. The Bertz CT molecular complexity index is 1290. The van der Waals surface area contributed by atoms with Crippen LogP contribution in [0, 0.1) is 13.8 Å². The van der Waals surface area contributed by atoms with E-state index in [1.54, 1.807) is 10.5 Å². The van der Waals surface area contributed by atoms with E-state index in [0.29, 0.717) is 17.4 Å². The van der Waals surface area contributed by atoms with Gasteiger partial charge in [0.05, 0.1) is 28.3 Å². The van der Waals surface area contributed by atoms with Gasteiger partial charge in [-0.15, -0.1) is 0 Å². The molecule has 0 saturated carbocycles. The molecule has 4 aromatic rings. The summed E-state index contributed by atoms with van der Waals surface area (Å²) in [7, 11) is 0. The van der Waals surface area contributed by atoms with Crippen LogP contribution >= 0.6 is 0 Å². The molecule has 0 bridgehead atoms. The number of anilines is 1. The average molecular weight is 388 g/mol. The zero-order valence-electron chi connectivity index (χ0n) is 16.9. The zero-order valence-corrected chi connectivity index (χ0v) is 16.9. The maximum Gasteiger partial charge on any atom is 0.258 e. The molecule has 0 aliphatic carbocycles. The molecule has 4 aromatic heterocycles. The number of aromatic nitrogens is 4. The summed E-state index contributed by atoms with van der Waals surface area (Å²) in [5.74, 6) is 0. The standard InChI is InChI=1S/C22H24N6O/c1-14-10-26(7-6-23-14)18-4-5-21-25-19(9-22(29)28(21)13-18)17-8-20-16(3)24-15(2)11-27(20)12-17/h4-5,8-9,11-14,23H,6-7,10H2,1-3H3/t14-/m1/s1. The summed E-state index contributed by atoms with van der Waals surface area (Å²) >= 11 is 0. The molecule has 1 aliphatic rings. The van der Waals surface area contributed by atoms with Gasteiger partial charge in [0.2, 0.25) is 0 Å². The van der Waals surface area contributed by atoms with E-state index in [4.69, 9.17) is 4.98 Å². The second kappa shape index (κ2) is 6.70. The highest BCUT2D eigenvalue weighted by molar-refractivity contribution is 5.70. The second-order valence-corrected chi connectivity index (χ2v) is 7.89. The quantitative estimate of drug-likeness (QED) is 0.571. The number of hydrogen-bond acceptors (Lipinski definition) is 5. The summed E-state index contributed by atoms with van der Waals surface area (Å²) in [6.07, 6.45) is 5.90. The van der Waals surface area contributed by atoms with Crippen LogP contribution in [0.25, 0.3) is 22.4 Å². The molecule has 0 radical (unpaired) electrons. The Balaban J connectivity index is 1.57. The molecule has 7 heteroatoms. The predicted octanol–water partition coefficient (Wildman–Crippen LogP) is 2.42. The second-order valence-electron chi connectivity index (χ2n) is 7.89. The van der Waals surface area contributed by atoms with Crippen LogP contribution in [0.2, 0.25) is 0 Å². The lowest BCUT2D eigenvalue weighted by molar-refractivity contribution is 0.484. The molecule has 1 atom stereocenters. The molecule has 1 N–H and O–H groups in total. The molecule has 1 aliphatic heterocycles. The minimum atomic E-state index is -0.0729. The first-order valence-electron chi connectivity index (χ1n) is 9.96. The number of pyridine rings is 1. The Morgan fingerprint density at radius 2 is 1.97 bits per heavy atom. The van der Waals surface area contributed by atoms with E-state index in [1.165, 1.54) is 0 Å². The Morgan fingerprint density at radius 3 is 2.79 bits per heavy atom. The van der Waals surface area contributed by atoms with Crippen LogP contribution in [-0.2, 0) is 0 Å². The fourth-order valence-electron chi connectivity index (χ4n) is 4.16. The normalized spacial score (nSPS) is 17.3. The van der Waals surface area contributed by atoms with Crippen LogP contribution in [0.15, 0.2) is 47.7 Å². The van der Waals surface area contributed by atoms with Gasteiger partial charge >= 0.3 is 0 Å². The topological polar surface area (TPSA) is 66.9 Å². The van der Waals surface area contributed by atoms with Crippen LogP contribution in [0.3, 0.4) is 0 Å². The lowest BCUT2D eigenvalue weighted by Gasteiger charge is -2.33. The van der Waals surface area contributed by atoms with Crippen LogP contribution in [0.4, 0.5) is 5.69 Å². The number of piperazine rings is 1. The molecule has 29 heavy (non-hydrogen) atoms. The van der Waals surface area contributed by atoms with E-state index in [-0.39, 0.29) is 5.56 Å². The first-order valence-corrected chi connectivity index (χ1v) is 9.96. The molecule has 1 saturated heterocycles. The monoisotopic (exact) mass is 388 g/mol. The first-order chi connectivity index (χ1) is 14.0. The van der Waals surface area contributed by atoms with Crippen LogP contribution in [-0.4, -0.2) is 44.4 Å². The van der Waals surface area contributed by atoms with Gasteiger partial charge in [-0.3, -0.25) is 14.2 Å². The molecule has 0 aromatic carbocycles. The Labute approximate surface area is 168 Å². The summed E-state index contributed by atoms with van der Waals surface area (Å²) in [5.41, 5.74) is 6.17. The van der Waals surface area contributed by atoms with E-state index in [9.17, 15) is 4.79 Å². The van der Waals surface area contributed by atoms with Crippen LogP contribution in [0.1, 0.15) is 18.3 Å². The number of hydrogen-bond donors (Lipinski definition) is 1. The van der Waals surface area contributed by atoms with Crippen molar-refractivity contribution in [2.24, 2.45) is 0 Å². The smallest absolute Gasteiger partial charge is 0.258 e. The third kappa shape index (κ3) is 3.17. The predicted molar refractivity (Wildman–Crippen MR) is 115 cm³/mol. The summed E-state index contributed by atoms with van der Waals surface area (Å²) < 4.78 is 3.68. The Morgan fingerprint density at radius 1 is 1.10 bits per heavy atom. The van der Waals surface area contributed by atoms with Gasteiger partial charge in [-0.25, -0.2) is 4.98 Å². The number of nitrogens with zero attached hydrogens (tertiary/aromatic N) is 5. The highest BCUT2D eigenvalue weighted by atomic mass is 16.1. The van der Waals surface area contributed by atoms with Gasteiger partial charge in [0.15, 0.2) is 0 Å². The summed E-state index contributed by atoms with van der Waals surface area (Å²) in [6.45, 7) is 8.95. The molecule has 0 amide bonds. The lowest BCUT2D eigenvalue weighted by atomic mass is 10.2. The maximum atomic E-state index is 12.9. The van der Waals surface area contributed by atoms with E-state index >= 15 is 0 Å². The molecule has 5 rings (SSSR count). The zero-order chi connectivity index (χ0) is 20.1. The molecule has 5 heterocycles. The van der Waals surface area contributed by atoms with Gasteiger partial charge in [0, 0.05) is 55.9 Å². The van der Waals surface area contributed by atoms with Crippen molar-refractivity contribution < 1.29 is 0 Å². The van der Waals surface area contributed by atoms with E-state index in [1.807, 2.05) is 49.0 Å². The van der Waals surface area contributed by atoms with Crippen molar-refractivity contribution in [1.82, 2.24) is 24.1 Å². The maximum absolute atomic E-state index is 12.9. The van der Waals surface area contributed by atoms with E-state index in [2.05, 4.69) is 28.2 Å². The van der Waals surface area contributed by atoms with Gasteiger partial charge in [-0.2, -0.15) is 0 Å². The summed E-state index contributed by atoms with van der Waals surface area (Å²) in [6, 6.07) is 8.07. The van der Waals surface area contributed by atoms with Crippen molar-refractivity contribution in [2.45, 2.75) is 26.8 Å². The first kappa shape index (κ1) is 17.9. The summed E-state index contributed by atoms with van der Waals surface area (Å²) in [4.78, 5) is 24.5. The third-order valence-corrected chi connectivity index (χ3v) is 5.56. The SMILES string of the molecule is Cc1cn2cc(-c3cc(=O)n4cc(N5CCN[C@H](C)C5)ccc4n3)cc2c(C)n1. The fourth-order valence-corrected chi connectivity index (χ4v) is 4.16. The van der Waals surface area contributed by atoms with E-state index < -0.39 is 0 Å². The third-order valence-electron chi connectivity index (χ3n) is 5.56. The average Bonchev–Trinajstić information content (AvgIpc) is 3.12. The van der Waals surface area contributed by atoms with Crippen molar-refractivity contribution in [3.05, 3.63) is 64.6 Å². The highest BCUT2D eigenvalue weighted by Crippen LogP contribution is 2.23. The summed E-state index contributed by atoms with van der Waals surface area (Å²) in [5, 5.41) is 3.45. The van der Waals surface area contributed by atoms with Crippen molar-refractivity contribution in [1.29, 1.82) is 0 Å². The van der Waals surface area contributed by atoms with Crippen molar-refractivity contribution >= 4 is 16.9 Å². The molecular formula is C22H24N6O. The molecule has 0 unspecified atom stereocenters. The van der Waals surface area contributed by atoms with Gasteiger partial charge in [-0.1, -0.05) is 0 Å². The Kier molecular flexibility index (Phi) is 4.13. The van der Waals surface area contributed by atoms with Gasteiger partial charge in [-0.05, 0) is 39.0 Å². The molecule has 7 nitrogen and oxygen atoms in total. The molecule has 0 spiro atoms. The van der Waals surface area contributed by atoms with Crippen LogP contribution in [0.5, 0.6) is 0 Å². The van der Waals surface area contributed by atoms with Crippen molar-refractivity contribution in [3.63, 3.8) is 0 Å². The van der Waals surface area contributed by atoms with Crippen molar-refractivity contribution in [2.75, 3.05) is 24.5 Å². The van der Waals surface area contributed by atoms with Gasteiger partial charge in [0.25, 0.3) is 5.56 Å². The highest BCUT2D eigenvalue weighted by Gasteiger charge is 2.17. The van der Waals surface area contributed by atoms with Gasteiger partial charge < -0.3 is 14.6 Å². The van der Waals surface area contributed by atoms with Crippen LogP contribution < -0.4 is 15.8 Å². The molecular weight excluding hydrogens is 364 g/mol. The minimum Gasteiger partial charge on any atom is -0.368 e. The number of nitrogens with one attached hydrogen (secondary N) is 1. The Hall–Kier alpha value is -3.19. The largest absolute Gasteiger partial charge is 0.368 e. The lowest BCUT2D eigenvalue weighted by Crippen LogP contribution is -2.49. The molecule has 148 valence electrons. The minimum absolute atomic E-state index is 0.0729. The number of aryl methyl sites for hydroxylation is 2. The molecule has 1 fully saturated rings. The number of rotatable bonds is 2. The fraction of sp³-hybridized carbons (Fsp3) is 0.318.